The molecule has 5 rings (SSSR count). The minimum absolute atomic E-state index is 0.00490. The van der Waals surface area contributed by atoms with Crippen LogP contribution in [0.1, 0.15) is 96.3 Å². The van der Waals surface area contributed by atoms with Crippen molar-refractivity contribution in [2.45, 2.75) is 194 Å². The van der Waals surface area contributed by atoms with Gasteiger partial charge in [-0.05, 0) is 99.1 Å². The van der Waals surface area contributed by atoms with Crippen molar-refractivity contribution >= 4 is 47.2 Å². The lowest BCUT2D eigenvalue weighted by atomic mass is 9.73. The highest BCUT2D eigenvalue weighted by atomic mass is 32.2. The Kier molecular flexibility index (Phi) is 17.2. The molecule has 0 saturated carbocycles. The molecule has 3 saturated heterocycles. The van der Waals surface area contributed by atoms with Gasteiger partial charge in [0.1, 0.15) is 23.9 Å². The molecule has 360 valence electrons. The first-order chi connectivity index (χ1) is 30.5. The number of aliphatic hydroxyl groups is 4. The predicted molar refractivity (Wildman–Crippen MR) is 244 cm³/mol. The van der Waals surface area contributed by atoms with E-state index in [0.717, 1.165) is 21.8 Å². The van der Waals surface area contributed by atoms with E-state index in [9.17, 15) is 20.1 Å². The number of thioether (sulfide) groups is 2. The van der Waals surface area contributed by atoms with Crippen LogP contribution in [0.2, 0.25) is 0 Å². The van der Waals surface area contributed by atoms with Crippen molar-refractivity contribution in [3.05, 3.63) is 24.3 Å². The summed E-state index contributed by atoms with van der Waals surface area (Å²) in [5.74, 6) is -4.06. The SMILES string of the molecule is [3H]CSOC1C(O[C@@H]2[C@@H](C)[C@H](OC3CC(C)(OC)C(O[3H])C(C)O3)[C@@H](C)C(=O)O[C@H](CC)[C@@](C)(O)[C@H](O)[C@@H](C)C(=NOC3Sc4ccccc4S3)[C@H](C)C[C@@]2(C)O)OC(C)CC1N(C)C. The molecule has 4 aliphatic heterocycles. The zero-order valence-electron chi connectivity index (χ0n) is 41.1. The van der Waals surface area contributed by atoms with E-state index in [0.29, 0.717) is 12.1 Å². The van der Waals surface area contributed by atoms with Crippen LogP contribution >= 0.6 is 35.6 Å². The number of hydrogen-bond donors (Lipinski definition) is 4. The molecule has 18 heteroatoms. The van der Waals surface area contributed by atoms with Gasteiger partial charge in [0.2, 0.25) is 6.20 Å². The lowest BCUT2D eigenvalue weighted by Crippen LogP contribution is -2.61. The summed E-state index contributed by atoms with van der Waals surface area (Å²) >= 11 is 3.99. The first-order valence-corrected chi connectivity index (χ1v) is 24.7. The average molecular weight is 951 g/mol. The van der Waals surface area contributed by atoms with Crippen LogP contribution in [0, 0.1) is 23.7 Å². The molecule has 15 nitrogen and oxygen atoms in total. The Labute approximate surface area is 390 Å². The van der Waals surface area contributed by atoms with Crippen molar-refractivity contribution < 1.29 is 64.0 Å². The standard InChI is InChI=1S/C45H74N2O13S3/c1-15-32-45(10,52)37(48)25(4)34(46-59-42-62-30-18-16-17-19-31(30)63-42)23(2)21-43(8,51)39(58-41-36(60-61-14)29(47(11)12)20-24(3)54-41)26(5)35(27(6)40(50)56-32)57-33-22-44(9,53-13)38(49)28(7)55-33/h16-19,23-29,32-33,35-39,41-42,48-49,51-52H,15,20-22H2,1-14H3/t23-,24?,25+,26+,27-,28?,29?,32-,33?,35+,36?,37-,38?,39-,41?,43-,44?,45-/m1/s1/i14T,49T. The smallest absolute Gasteiger partial charge is 0.311 e. The van der Waals surface area contributed by atoms with Crippen LogP contribution < -0.4 is 0 Å². The lowest BCUT2D eigenvalue weighted by Gasteiger charge is -2.49. The van der Waals surface area contributed by atoms with Gasteiger partial charge in [0.05, 0.1) is 53.4 Å². The summed E-state index contributed by atoms with van der Waals surface area (Å²) in [6, 6.07) is 7.76. The van der Waals surface area contributed by atoms with Gasteiger partial charge in [-0.15, -0.1) is 0 Å². The predicted octanol–water partition coefficient (Wildman–Crippen LogP) is 6.07. The van der Waals surface area contributed by atoms with Crippen LogP contribution in [0.5, 0.6) is 0 Å². The topological polar surface area (TPSA) is 187 Å². The molecule has 4 heterocycles. The highest BCUT2D eigenvalue weighted by Gasteiger charge is 2.54. The minimum atomic E-state index is -1.96. The van der Waals surface area contributed by atoms with Crippen molar-refractivity contribution in [2.75, 3.05) is 27.4 Å². The number of carbonyl (C=O) groups is 1. The van der Waals surface area contributed by atoms with Crippen LogP contribution in [0.3, 0.4) is 0 Å². The second-order valence-corrected chi connectivity index (χ2v) is 21.8. The van der Waals surface area contributed by atoms with E-state index >= 15 is 0 Å². The number of methoxy groups -OCH3 is 1. The molecule has 3 fully saturated rings. The van der Waals surface area contributed by atoms with Gasteiger partial charge in [0.25, 0.3) is 0 Å². The Morgan fingerprint density at radius 3 is 2.24 bits per heavy atom. The Hall–Kier alpha value is -1.23. The Morgan fingerprint density at radius 2 is 1.65 bits per heavy atom. The van der Waals surface area contributed by atoms with Crippen LogP contribution in [0.25, 0.3) is 0 Å². The van der Waals surface area contributed by atoms with Gasteiger partial charge in [0, 0.05) is 54.7 Å². The highest BCUT2D eigenvalue weighted by Crippen LogP contribution is 2.48. The first kappa shape index (κ1) is 49.7. The zero-order chi connectivity index (χ0) is 48.2. The average Bonchev–Trinajstić information content (AvgIpc) is 3.67. The van der Waals surface area contributed by atoms with Crippen LogP contribution in [0.4, 0.5) is 0 Å². The van der Waals surface area contributed by atoms with Gasteiger partial charge >= 0.3 is 5.97 Å². The summed E-state index contributed by atoms with van der Waals surface area (Å²) in [6.07, 6.45) is -8.50. The number of esters is 1. The lowest BCUT2D eigenvalue weighted by molar-refractivity contribution is -0.315. The van der Waals surface area contributed by atoms with Crippen molar-refractivity contribution in [1.82, 2.24) is 4.90 Å². The summed E-state index contributed by atoms with van der Waals surface area (Å²) in [5, 5.41) is 47.2. The molecular formula is C45H74N2O13S3. The Bertz CT molecular complexity index is 1710. The molecule has 1 aromatic rings. The van der Waals surface area contributed by atoms with Crippen LogP contribution in [0.15, 0.2) is 39.2 Å². The quantitative estimate of drug-likeness (QED) is 0.107. The number of ether oxygens (including phenoxy) is 6. The maximum atomic E-state index is 14.6. The number of fused-ring (bicyclic) bond motifs is 1. The van der Waals surface area contributed by atoms with Crippen molar-refractivity contribution in [1.29, 1.82) is 1.43 Å². The van der Waals surface area contributed by atoms with E-state index in [4.69, 9.17) is 50.5 Å². The minimum Gasteiger partial charge on any atom is -0.459 e. The number of benzene rings is 1. The summed E-state index contributed by atoms with van der Waals surface area (Å²) < 4.78 is 60.4. The molecule has 0 aromatic heterocycles. The number of cyclic esters (lactones) is 1. The molecule has 0 radical (unpaired) electrons. The number of hydrogen-bond acceptors (Lipinski definition) is 18. The summed E-state index contributed by atoms with van der Waals surface area (Å²) in [6.45, 7) is 17.5. The second-order valence-electron chi connectivity index (χ2n) is 18.8. The number of rotatable bonds is 12. The fraction of sp³-hybridized carbons (Fsp3) is 0.822. The fourth-order valence-electron chi connectivity index (χ4n) is 9.77. The van der Waals surface area contributed by atoms with Crippen molar-refractivity contribution in [2.24, 2.45) is 28.8 Å². The summed E-state index contributed by atoms with van der Waals surface area (Å²) in [4.78, 5) is 25.0. The third-order valence-corrected chi connectivity index (χ3v) is 16.4. The van der Waals surface area contributed by atoms with Crippen molar-refractivity contribution in [3.63, 3.8) is 0 Å². The van der Waals surface area contributed by atoms with E-state index in [1.807, 2.05) is 64.0 Å². The molecule has 8 unspecified atom stereocenters. The second kappa shape index (κ2) is 21.8. The van der Waals surface area contributed by atoms with Gasteiger partial charge in [-0.1, -0.05) is 68.5 Å². The number of likely N-dealkylation sites (N-methyl/N-ethyl adjacent to an activating group) is 1. The van der Waals surface area contributed by atoms with Crippen LogP contribution in [-0.4, -0.2) is 155 Å². The van der Waals surface area contributed by atoms with Crippen molar-refractivity contribution in [3.8, 4) is 0 Å². The molecule has 0 amide bonds. The molecule has 0 spiro atoms. The highest BCUT2D eigenvalue weighted by molar-refractivity contribution is 8.19. The van der Waals surface area contributed by atoms with Gasteiger partial charge in [-0.25, -0.2) is 0 Å². The molecule has 4 N–H and O–H groups in total. The summed E-state index contributed by atoms with van der Waals surface area (Å²) in [5.41, 5.74) is -4.36. The Balaban J connectivity index is 1.64. The summed E-state index contributed by atoms with van der Waals surface area (Å²) in [7, 11) is 5.41. The van der Waals surface area contributed by atoms with Gasteiger partial charge in [-0.3, -0.25) is 4.79 Å². The zero-order valence-corrected chi connectivity index (χ0v) is 41.6. The van der Waals surface area contributed by atoms with E-state index in [-0.39, 0.29) is 37.6 Å². The van der Waals surface area contributed by atoms with E-state index in [1.165, 1.54) is 37.6 Å². The van der Waals surface area contributed by atoms with Gasteiger partial charge in [-0.2, -0.15) is 0 Å². The number of aliphatic hydroxyl groups excluding tert-OH is 2. The fourth-order valence-corrected chi connectivity index (χ4v) is 12.5. The number of nitrogens with zero attached hydrogens (tertiary/aromatic N) is 2. The molecular weight excluding hydrogens is 873 g/mol. The van der Waals surface area contributed by atoms with E-state index in [2.05, 4.69) is 0 Å². The molecule has 0 bridgehead atoms. The molecule has 18 atom stereocenters. The molecule has 4 aliphatic rings. The maximum absolute atomic E-state index is 14.6. The van der Waals surface area contributed by atoms with Gasteiger partial charge in [0.15, 0.2) is 12.6 Å². The first-order valence-electron chi connectivity index (χ1n) is 23.2. The molecule has 1 aromatic carbocycles. The molecule has 0 aliphatic carbocycles. The van der Waals surface area contributed by atoms with E-state index < -0.39 is 107 Å². The monoisotopic (exact) mass is 950 g/mol. The Morgan fingerprint density at radius 1 is 0.984 bits per heavy atom. The maximum Gasteiger partial charge on any atom is 0.311 e. The third-order valence-electron chi connectivity index (χ3n) is 13.5. The number of carbonyl (C=O) groups excluding carboxylic acids is 1. The van der Waals surface area contributed by atoms with E-state index in [1.54, 1.807) is 41.5 Å². The third kappa shape index (κ3) is 11.9. The molecule has 63 heavy (non-hydrogen) atoms. The van der Waals surface area contributed by atoms with Gasteiger partial charge < -0.3 is 62.8 Å². The number of oxime groups is 1. The largest absolute Gasteiger partial charge is 0.459 e. The normalized spacial score (nSPS) is 44.7. The van der Waals surface area contributed by atoms with Crippen LogP contribution in [-0.2, 0) is 42.2 Å².